The lowest BCUT2D eigenvalue weighted by Crippen LogP contribution is -2.37. The van der Waals surface area contributed by atoms with Crippen LogP contribution < -0.4 is 16.6 Å². The van der Waals surface area contributed by atoms with Crippen molar-refractivity contribution in [2.75, 3.05) is 5.32 Å². The maximum atomic E-state index is 12.7. The Morgan fingerprint density at radius 2 is 1.86 bits per heavy atom. The largest absolute Gasteiger partial charge is 0.330 e. The number of hydrogen-bond donors (Lipinski definition) is 1. The van der Waals surface area contributed by atoms with Crippen LogP contribution in [0.3, 0.4) is 0 Å². The van der Waals surface area contributed by atoms with Gasteiger partial charge in [0.25, 0.3) is 5.56 Å². The number of nitrogens with one attached hydrogen (secondary N) is 1. The number of rotatable bonds is 5. The van der Waals surface area contributed by atoms with Crippen LogP contribution in [0.1, 0.15) is 31.2 Å². The van der Waals surface area contributed by atoms with Crippen molar-refractivity contribution in [1.82, 2.24) is 9.13 Å². The van der Waals surface area contributed by atoms with Crippen LogP contribution >= 0.6 is 0 Å². The summed E-state index contributed by atoms with van der Waals surface area (Å²) < 4.78 is 27.6. The Morgan fingerprint density at radius 3 is 2.55 bits per heavy atom. The Morgan fingerprint density at radius 1 is 1.17 bits per heavy atom. The van der Waals surface area contributed by atoms with Gasteiger partial charge in [-0.15, -0.1) is 0 Å². The van der Waals surface area contributed by atoms with Gasteiger partial charge >= 0.3 is 5.69 Å². The molecule has 0 aliphatic heterocycles. The highest BCUT2D eigenvalue weighted by molar-refractivity contribution is 7.92. The van der Waals surface area contributed by atoms with E-state index in [2.05, 4.69) is 5.32 Å². The lowest BCUT2D eigenvalue weighted by Gasteiger charge is -2.12. The molecule has 1 amide bonds. The van der Waals surface area contributed by atoms with Crippen LogP contribution in [0.5, 0.6) is 0 Å². The van der Waals surface area contributed by atoms with Crippen molar-refractivity contribution < 1.29 is 13.2 Å². The average Bonchev–Trinajstić information content (AvgIpc) is 3.24. The molecule has 3 rings (SSSR count). The minimum Gasteiger partial charge on any atom is -0.322 e. The van der Waals surface area contributed by atoms with E-state index in [1.807, 2.05) is 0 Å². The van der Waals surface area contributed by atoms with Gasteiger partial charge in [0, 0.05) is 32.1 Å². The van der Waals surface area contributed by atoms with Crippen molar-refractivity contribution in [3.63, 3.8) is 0 Å². The van der Waals surface area contributed by atoms with Crippen molar-refractivity contribution in [3.05, 3.63) is 62.9 Å². The second-order valence-electron chi connectivity index (χ2n) is 7.14. The molecule has 1 fully saturated rings. The minimum atomic E-state index is -3.42. The second kappa shape index (κ2) is 8.20. The monoisotopic (exact) mass is 417 g/mol. The topological polar surface area (TPSA) is 107 Å². The summed E-state index contributed by atoms with van der Waals surface area (Å²) in [6.45, 7) is 0. The van der Waals surface area contributed by atoms with E-state index in [4.69, 9.17) is 0 Å². The smallest absolute Gasteiger partial charge is 0.322 e. The van der Waals surface area contributed by atoms with Crippen LogP contribution in [0.25, 0.3) is 6.08 Å². The van der Waals surface area contributed by atoms with E-state index in [-0.39, 0.29) is 15.7 Å². The third-order valence-electron chi connectivity index (χ3n) is 5.06. The first-order chi connectivity index (χ1) is 13.7. The van der Waals surface area contributed by atoms with E-state index in [9.17, 15) is 22.8 Å². The normalized spacial score (nSPS) is 15.1. The molecule has 0 unspecified atom stereocenters. The van der Waals surface area contributed by atoms with Gasteiger partial charge in [-0.3, -0.25) is 14.2 Å². The summed E-state index contributed by atoms with van der Waals surface area (Å²) >= 11 is 0. The molecule has 1 heterocycles. The van der Waals surface area contributed by atoms with Gasteiger partial charge in [0.1, 0.15) is 0 Å². The second-order valence-corrected chi connectivity index (χ2v) is 9.37. The molecule has 1 N–H and O–H groups in total. The van der Waals surface area contributed by atoms with E-state index in [0.717, 1.165) is 17.4 Å². The third kappa shape index (κ3) is 4.40. The fourth-order valence-electron chi connectivity index (χ4n) is 3.44. The van der Waals surface area contributed by atoms with Gasteiger partial charge < -0.3 is 9.88 Å². The molecular formula is C20H23N3O5S. The molecule has 0 bridgehead atoms. The molecule has 0 saturated heterocycles. The minimum absolute atomic E-state index is 0.183. The first kappa shape index (κ1) is 20.8. The van der Waals surface area contributed by atoms with Crippen LogP contribution in [0.4, 0.5) is 5.69 Å². The molecule has 1 aliphatic carbocycles. The Hall–Kier alpha value is -2.94. The van der Waals surface area contributed by atoms with Crippen LogP contribution in [0.2, 0.25) is 0 Å². The van der Waals surface area contributed by atoms with E-state index >= 15 is 0 Å². The van der Waals surface area contributed by atoms with Gasteiger partial charge in [-0.1, -0.05) is 18.9 Å². The van der Waals surface area contributed by atoms with Crippen LogP contribution in [-0.4, -0.2) is 28.7 Å². The number of amides is 1. The molecule has 9 heteroatoms. The molecule has 0 radical (unpaired) electrons. The Kier molecular flexibility index (Phi) is 5.88. The highest BCUT2D eigenvalue weighted by Gasteiger charge is 2.30. The van der Waals surface area contributed by atoms with E-state index in [1.165, 1.54) is 49.1 Å². The Bertz CT molecular complexity index is 1190. The zero-order valence-corrected chi connectivity index (χ0v) is 17.1. The predicted octanol–water partition coefficient (Wildman–Crippen LogP) is 1.45. The van der Waals surface area contributed by atoms with Crippen molar-refractivity contribution in [2.24, 2.45) is 14.1 Å². The third-order valence-corrected chi connectivity index (χ3v) is 7.32. The zero-order chi connectivity index (χ0) is 21.2. The molecule has 2 aromatic rings. The molecule has 8 nitrogen and oxygen atoms in total. The molecule has 1 aliphatic rings. The fourth-order valence-corrected chi connectivity index (χ4v) is 5.34. The molecule has 1 aromatic heterocycles. The van der Waals surface area contributed by atoms with Crippen LogP contribution in [-0.2, 0) is 28.7 Å². The first-order valence-corrected chi connectivity index (χ1v) is 10.8. The highest BCUT2D eigenvalue weighted by Crippen LogP contribution is 2.30. The Labute approximate surface area is 168 Å². The number of carbonyl (C=O) groups is 1. The van der Waals surface area contributed by atoms with Crippen molar-refractivity contribution in [1.29, 1.82) is 0 Å². The first-order valence-electron chi connectivity index (χ1n) is 9.30. The lowest BCUT2D eigenvalue weighted by molar-refractivity contribution is -0.111. The molecule has 29 heavy (non-hydrogen) atoms. The Balaban J connectivity index is 1.78. The van der Waals surface area contributed by atoms with Crippen molar-refractivity contribution in [3.8, 4) is 0 Å². The number of sulfone groups is 1. The number of aryl methyl sites for hydroxylation is 1. The summed E-state index contributed by atoms with van der Waals surface area (Å²) in [6, 6.07) is 6.17. The van der Waals surface area contributed by atoms with Crippen LogP contribution in [0.15, 0.2) is 51.0 Å². The van der Waals surface area contributed by atoms with Crippen molar-refractivity contribution >= 4 is 27.5 Å². The average molecular weight is 417 g/mol. The van der Waals surface area contributed by atoms with E-state index in [1.54, 1.807) is 12.1 Å². The van der Waals surface area contributed by atoms with E-state index < -0.39 is 27.0 Å². The standard InChI is InChI=1S/C20H23N3O5S/c1-22-13-14(19(25)23(2)20(22)26)10-11-18(24)21-15-6-5-9-17(12-15)29(27,28)16-7-3-4-8-16/h5-6,9-13,16H,3-4,7-8H2,1-2H3,(H,21,24)/b11-10+. The number of anilines is 1. The molecular weight excluding hydrogens is 394 g/mol. The summed E-state index contributed by atoms with van der Waals surface area (Å²) in [5, 5.41) is 2.24. The molecule has 154 valence electrons. The van der Waals surface area contributed by atoms with E-state index in [0.29, 0.717) is 18.5 Å². The van der Waals surface area contributed by atoms with Gasteiger partial charge in [-0.05, 0) is 37.1 Å². The number of carbonyl (C=O) groups excluding carboxylic acids is 1. The number of aromatic nitrogens is 2. The number of nitrogens with zero attached hydrogens (tertiary/aromatic N) is 2. The molecule has 1 saturated carbocycles. The summed E-state index contributed by atoms with van der Waals surface area (Å²) in [6.07, 6.45) is 6.98. The van der Waals surface area contributed by atoms with Gasteiger partial charge in [0.2, 0.25) is 5.91 Å². The maximum absolute atomic E-state index is 12.7. The lowest BCUT2D eigenvalue weighted by atomic mass is 10.3. The molecule has 0 spiro atoms. The van der Waals surface area contributed by atoms with Gasteiger partial charge in [0.15, 0.2) is 9.84 Å². The summed E-state index contributed by atoms with van der Waals surface area (Å²) in [7, 11) is -0.548. The summed E-state index contributed by atoms with van der Waals surface area (Å²) in [4.78, 5) is 36.2. The number of hydrogen-bond acceptors (Lipinski definition) is 5. The SMILES string of the molecule is Cn1cc(/C=C/C(=O)Nc2cccc(S(=O)(=O)C3CCCC3)c2)c(=O)n(C)c1=O. The predicted molar refractivity (Wildman–Crippen MR) is 110 cm³/mol. The van der Waals surface area contributed by atoms with Gasteiger partial charge in [-0.25, -0.2) is 13.2 Å². The van der Waals surface area contributed by atoms with Crippen LogP contribution in [0, 0.1) is 0 Å². The van der Waals surface area contributed by atoms with Gasteiger partial charge in [-0.2, -0.15) is 0 Å². The molecule has 1 aromatic carbocycles. The van der Waals surface area contributed by atoms with Crippen molar-refractivity contribution in [2.45, 2.75) is 35.8 Å². The fraction of sp³-hybridized carbons (Fsp3) is 0.350. The zero-order valence-electron chi connectivity index (χ0n) is 16.3. The maximum Gasteiger partial charge on any atom is 0.330 e. The summed E-state index contributed by atoms with van der Waals surface area (Å²) in [5.74, 6) is -0.517. The summed E-state index contributed by atoms with van der Waals surface area (Å²) in [5.41, 5.74) is -0.437. The highest BCUT2D eigenvalue weighted by atomic mass is 32.2. The number of benzene rings is 1. The van der Waals surface area contributed by atoms with Gasteiger partial charge in [0.05, 0.1) is 15.7 Å². The quantitative estimate of drug-likeness (QED) is 0.741. The molecule has 0 atom stereocenters.